The van der Waals surface area contributed by atoms with E-state index in [1.54, 1.807) is 6.07 Å². The largest absolute Gasteiger partial charge is 0.482 e. The summed E-state index contributed by atoms with van der Waals surface area (Å²) in [5.41, 5.74) is 1.92. The Kier molecular flexibility index (Phi) is 6.45. The lowest BCUT2D eigenvalue weighted by atomic mass is 10.1. The van der Waals surface area contributed by atoms with Gasteiger partial charge >= 0.3 is 0 Å². The van der Waals surface area contributed by atoms with Crippen molar-refractivity contribution in [3.05, 3.63) is 48.0 Å². The van der Waals surface area contributed by atoms with Crippen LogP contribution in [-0.4, -0.2) is 64.0 Å². The Morgan fingerprint density at radius 1 is 1.12 bits per heavy atom. The molecule has 2 aliphatic heterocycles. The molecule has 4 rings (SSSR count). The summed E-state index contributed by atoms with van der Waals surface area (Å²) in [6.45, 7) is 2.70. The Labute approximate surface area is 187 Å². The molecule has 0 saturated carbocycles. The fraction of sp³-hybridized carbons (Fsp3) is 0.364. The number of para-hydroxylation sites is 1. The van der Waals surface area contributed by atoms with Gasteiger partial charge in [-0.05, 0) is 36.2 Å². The lowest BCUT2D eigenvalue weighted by molar-refractivity contribution is -0.123. The smallest absolute Gasteiger partial charge is 0.265 e. The number of anilines is 2. The molecule has 170 valence electrons. The van der Waals surface area contributed by atoms with E-state index < -0.39 is 15.9 Å². The zero-order valence-corrected chi connectivity index (χ0v) is 18.6. The van der Waals surface area contributed by atoms with Crippen LogP contribution in [-0.2, 0) is 30.8 Å². The molecule has 2 aromatic carbocycles. The van der Waals surface area contributed by atoms with E-state index >= 15 is 0 Å². The van der Waals surface area contributed by atoms with Crippen molar-refractivity contribution in [1.29, 1.82) is 0 Å². The normalized spacial score (nSPS) is 16.9. The summed E-state index contributed by atoms with van der Waals surface area (Å²) in [5.74, 6) is -0.446. The average molecular weight is 460 g/mol. The quantitative estimate of drug-likeness (QED) is 0.704. The van der Waals surface area contributed by atoms with Crippen LogP contribution < -0.4 is 15.0 Å². The maximum Gasteiger partial charge on any atom is 0.265 e. The van der Waals surface area contributed by atoms with Crippen LogP contribution in [0, 0.1) is 0 Å². The van der Waals surface area contributed by atoms with E-state index in [0.29, 0.717) is 24.7 Å². The topological polar surface area (TPSA) is 105 Å². The van der Waals surface area contributed by atoms with Gasteiger partial charge in [0.25, 0.3) is 5.91 Å². The van der Waals surface area contributed by atoms with Crippen molar-refractivity contribution in [1.82, 2.24) is 4.31 Å². The number of carbonyl (C=O) groups is 2. The Bertz CT molecular complexity index is 1130. The van der Waals surface area contributed by atoms with E-state index in [0.717, 1.165) is 12.0 Å². The number of morpholine rings is 1. The Morgan fingerprint density at radius 2 is 1.88 bits per heavy atom. The SMILES string of the molecule is CCc1ccccc1NC(=O)CN1C(=O)COc2ccc(S(=O)(=O)N3CCOCC3)cc21. The molecule has 0 bridgehead atoms. The molecular weight excluding hydrogens is 434 g/mol. The van der Waals surface area contributed by atoms with Crippen LogP contribution in [0.4, 0.5) is 11.4 Å². The van der Waals surface area contributed by atoms with Gasteiger partial charge in [0, 0.05) is 18.8 Å². The molecule has 0 spiro atoms. The van der Waals surface area contributed by atoms with Gasteiger partial charge in [0.05, 0.1) is 23.8 Å². The van der Waals surface area contributed by atoms with Crippen molar-refractivity contribution in [2.45, 2.75) is 18.2 Å². The minimum atomic E-state index is -3.76. The van der Waals surface area contributed by atoms with Crippen LogP contribution >= 0.6 is 0 Å². The van der Waals surface area contributed by atoms with Gasteiger partial charge in [-0.25, -0.2) is 8.42 Å². The first-order chi connectivity index (χ1) is 15.4. The second kappa shape index (κ2) is 9.27. The molecule has 32 heavy (non-hydrogen) atoms. The summed E-state index contributed by atoms with van der Waals surface area (Å²) in [4.78, 5) is 26.6. The molecule has 2 heterocycles. The molecule has 0 atom stereocenters. The van der Waals surface area contributed by atoms with Crippen LogP contribution in [0.15, 0.2) is 47.4 Å². The van der Waals surface area contributed by atoms with E-state index in [1.165, 1.54) is 27.4 Å². The zero-order chi connectivity index (χ0) is 22.7. The number of sulfonamides is 1. The summed E-state index contributed by atoms with van der Waals surface area (Å²) >= 11 is 0. The number of rotatable bonds is 6. The van der Waals surface area contributed by atoms with Gasteiger partial charge < -0.3 is 14.8 Å². The molecule has 0 aromatic heterocycles. The highest BCUT2D eigenvalue weighted by atomic mass is 32.2. The van der Waals surface area contributed by atoms with Gasteiger partial charge in [0.2, 0.25) is 15.9 Å². The Balaban J connectivity index is 1.59. The van der Waals surface area contributed by atoms with Crippen molar-refractivity contribution in [3.8, 4) is 5.75 Å². The molecule has 0 radical (unpaired) electrons. The van der Waals surface area contributed by atoms with Crippen LogP contribution in [0.5, 0.6) is 5.75 Å². The lowest BCUT2D eigenvalue weighted by Gasteiger charge is -2.30. The number of ether oxygens (including phenoxy) is 2. The zero-order valence-electron chi connectivity index (χ0n) is 17.7. The maximum atomic E-state index is 13.0. The van der Waals surface area contributed by atoms with E-state index in [4.69, 9.17) is 9.47 Å². The van der Waals surface area contributed by atoms with Crippen molar-refractivity contribution in [2.75, 3.05) is 49.7 Å². The first-order valence-electron chi connectivity index (χ1n) is 10.4. The number of benzene rings is 2. The molecule has 10 heteroatoms. The third-order valence-electron chi connectivity index (χ3n) is 5.46. The number of hydrogen-bond acceptors (Lipinski definition) is 6. The Hall–Kier alpha value is -2.95. The highest BCUT2D eigenvalue weighted by Gasteiger charge is 2.32. The predicted molar refractivity (Wildman–Crippen MR) is 118 cm³/mol. The number of carbonyl (C=O) groups excluding carboxylic acids is 2. The van der Waals surface area contributed by atoms with Gasteiger partial charge in [0.15, 0.2) is 6.61 Å². The van der Waals surface area contributed by atoms with Gasteiger partial charge in [-0.15, -0.1) is 0 Å². The van der Waals surface area contributed by atoms with Crippen molar-refractivity contribution < 1.29 is 27.5 Å². The third-order valence-corrected chi connectivity index (χ3v) is 7.35. The van der Waals surface area contributed by atoms with Gasteiger partial charge in [-0.2, -0.15) is 4.31 Å². The lowest BCUT2D eigenvalue weighted by Crippen LogP contribution is -2.44. The molecule has 0 unspecified atom stereocenters. The molecule has 1 saturated heterocycles. The van der Waals surface area contributed by atoms with Crippen molar-refractivity contribution in [2.24, 2.45) is 0 Å². The molecule has 2 aliphatic rings. The summed E-state index contributed by atoms with van der Waals surface area (Å²) in [6, 6.07) is 11.8. The monoisotopic (exact) mass is 459 g/mol. The minimum absolute atomic E-state index is 0.0400. The highest BCUT2D eigenvalue weighted by molar-refractivity contribution is 7.89. The fourth-order valence-electron chi connectivity index (χ4n) is 3.74. The van der Waals surface area contributed by atoms with E-state index in [2.05, 4.69) is 5.32 Å². The summed E-state index contributed by atoms with van der Waals surface area (Å²) in [7, 11) is -3.76. The molecule has 1 N–H and O–H groups in total. The van der Waals surface area contributed by atoms with Gasteiger partial charge in [-0.3, -0.25) is 14.5 Å². The molecular formula is C22H25N3O6S. The Morgan fingerprint density at radius 3 is 2.62 bits per heavy atom. The van der Waals surface area contributed by atoms with Crippen LogP contribution in [0.2, 0.25) is 0 Å². The fourth-order valence-corrected chi connectivity index (χ4v) is 5.16. The molecule has 9 nitrogen and oxygen atoms in total. The van der Waals surface area contributed by atoms with Crippen LogP contribution in [0.25, 0.3) is 0 Å². The first-order valence-corrected chi connectivity index (χ1v) is 11.9. The molecule has 2 amide bonds. The number of nitrogens with one attached hydrogen (secondary N) is 1. The standard InChI is InChI=1S/C22H25N3O6S/c1-2-16-5-3-4-6-18(16)23-21(26)14-25-19-13-17(7-8-20(19)31-15-22(25)27)32(28,29)24-9-11-30-12-10-24/h3-8,13H,2,9-12,14-15H2,1H3,(H,23,26). The van der Waals surface area contributed by atoms with Gasteiger partial charge in [0.1, 0.15) is 12.3 Å². The highest BCUT2D eigenvalue weighted by Crippen LogP contribution is 2.35. The first kappa shape index (κ1) is 22.3. The van der Waals surface area contributed by atoms with Crippen LogP contribution in [0.3, 0.4) is 0 Å². The maximum absolute atomic E-state index is 13.0. The third kappa shape index (κ3) is 4.47. The summed E-state index contributed by atoms with van der Waals surface area (Å²) in [5, 5.41) is 2.84. The van der Waals surface area contributed by atoms with Crippen molar-refractivity contribution in [3.63, 3.8) is 0 Å². The van der Waals surface area contributed by atoms with E-state index in [-0.39, 0.29) is 42.7 Å². The number of nitrogens with zero attached hydrogens (tertiary/aromatic N) is 2. The predicted octanol–water partition coefficient (Wildman–Crippen LogP) is 1.63. The number of fused-ring (bicyclic) bond motifs is 1. The summed E-state index contributed by atoms with van der Waals surface area (Å²) in [6.07, 6.45) is 0.749. The summed E-state index contributed by atoms with van der Waals surface area (Å²) < 4.78 is 38.1. The number of aryl methyl sites for hydroxylation is 1. The minimum Gasteiger partial charge on any atom is -0.482 e. The molecule has 0 aliphatic carbocycles. The molecule has 1 fully saturated rings. The second-order valence-electron chi connectivity index (χ2n) is 7.47. The van der Waals surface area contributed by atoms with Gasteiger partial charge in [-0.1, -0.05) is 25.1 Å². The van der Waals surface area contributed by atoms with E-state index in [9.17, 15) is 18.0 Å². The van der Waals surface area contributed by atoms with Crippen molar-refractivity contribution >= 4 is 33.2 Å². The van der Waals surface area contributed by atoms with Crippen LogP contribution in [0.1, 0.15) is 12.5 Å². The average Bonchev–Trinajstić information content (AvgIpc) is 2.81. The number of hydrogen-bond donors (Lipinski definition) is 1. The molecule has 2 aromatic rings. The number of amides is 2. The van der Waals surface area contributed by atoms with E-state index in [1.807, 2.05) is 25.1 Å². The second-order valence-corrected chi connectivity index (χ2v) is 9.41.